The quantitative estimate of drug-likeness (QED) is 0.0303. The van der Waals surface area contributed by atoms with E-state index >= 15 is 0 Å². The van der Waals surface area contributed by atoms with Gasteiger partial charge in [0.2, 0.25) is 0 Å². The first-order chi connectivity index (χ1) is 29.7. The average Bonchev–Trinajstić information content (AvgIpc) is 3.23. The Bertz CT molecular complexity index is 2330. The summed E-state index contributed by atoms with van der Waals surface area (Å²) >= 11 is 6.74. The summed E-state index contributed by atoms with van der Waals surface area (Å²) in [5, 5.41) is 66.1. The zero-order valence-corrected chi connectivity index (χ0v) is 34.9. The maximum absolute atomic E-state index is 13.0. The van der Waals surface area contributed by atoms with Crippen LogP contribution in [0.15, 0.2) is 91.3 Å². The number of nitrogens with zero attached hydrogens (tertiary/aromatic N) is 3. The number of aromatic nitrogens is 1. The predicted molar refractivity (Wildman–Crippen MR) is 228 cm³/mol. The Morgan fingerprint density at radius 1 is 0.952 bits per heavy atom. The molecule has 62 heavy (non-hydrogen) atoms. The molecule has 3 aromatic carbocycles. The van der Waals surface area contributed by atoms with Crippen molar-refractivity contribution in [3.8, 4) is 23.3 Å². The fourth-order valence-electron chi connectivity index (χ4n) is 7.12. The molecule has 0 aliphatic heterocycles. The molecular weight excluding hydrogens is 822 g/mol. The Hall–Kier alpha value is -6.35. The SMILES string of the molecule is Cc1c(COc2cc(OCc3cncc(C#N)c3)c(CNC[C@@H](O)CC(=O)O)cc2Cl)cccc1C1=CC=CC(c2ccc(OCCNC[C@@H](O)CC(=O)O)cc2)([N+](=O)[O-])C1C. The maximum atomic E-state index is 13.0. The van der Waals surface area contributed by atoms with Crippen LogP contribution in [0.3, 0.4) is 0 Å². The lowest BCUT2D eigenvalue weighted by atomic mass is 9.70. The van der Waals surface area contributed by atoms with Gasteiger partial charge in [0.25, 0.3) is 5.54 Å². The van der Waals surface area contributed by atoms with Gasteiger partial charge in [0.05, 0.1) is 41.6 Å². The normalized spacial score (nSPS) is 16.7. The van der Waals surface area contributed by atoms with Gasteiger partial charge in [0.1, 0.15) is 43.1 Å². The van der Waals surface area contributed by atoms with E-state index in [1.807, 2.05) is 38.1 Å². The van der Waals surface area contributed by atoms with E-state index in [9.17, 15) is 35.2 Å². The number of ether oxygens (including phenoxy) is 3. The number of carboxylic acids is 2. The van der Waals surface area contributed by atoms with Crippen molar-refractivity contribution in [2.75, 3.05) is 26.2 Å². The monoisotopic (exact) mass is 869 g/mol. The van der Waals surface area contributed by atoms with Crippen molar-refractivity contribution in [2.24, 2.45) is 5.92 Å². The number of aliphatic carboxylic acids is 2. The number of aliphatic hydroxyl groups is 2. The molecule has 4 aromatic rings. The molecule has 0 amide bonds. The van der Waals surface area contributed by atoms with Crippen LogP contribution in [-0.2, 0) is 34.9 Å². The highest BCUT2D eigenvalue weighted by atomic mass is 35.5. The fraction of sp³-hybridized carbons (Fsp3) is 0.333. The smallest absolute Gasteiger partial charge is 0.306 e. The van der Waals surface area contributed by atoms with E-state index < -0.39 is 42.0 Å². The average molecular weight is 870 g/mol. The van der Waals surface area contributed by atoms with Crippen molar-refractivity contribution in [2.45, 2.75) is 64.2 Å². The van der Waals surface area contributed by atoms with Gasteiger partial charge in [-0.2, -0.15) is 5.26 Å². The molecule has 0 fully saturated rings. The second-order valence-corrected chi connectivity index (χ2v) is 15.2. The first kappa shape index (κ1) is 46.7. The third-order valence-corrected chi connectivity index (χ3v) is 10.7. The minimum Gasteiger partial charge on any atom is -0.492 e. The first-order valence-corrected chi connectivity index (χ1v) is 20.1. The third-order valence-electron chi connectivity index (χ3n) is 10.4. The van der Waals surface area contributed by atoms with E-state index in [-0.39, 0.29) is 55.8 Å². The van der Waals surface area contributed by atoms with Crippen LogP contribution < -0.4 is 24.8 Å². The maximum Gasteiger partial charge on any atom is 0.306 e. The molecule has 0 spiro atoms. The Balaban J connectivity index is 1.31. The van der Waals surface area contributed by atoms with Gasteiger partial charge >= 0.3 is 11.9 Å². The standard InChI is InChI=1S/C45H48ClN5O11/c1-28-32(27-62-42-19-41(61-26-31-15-30(20-47)21-49-22-31)33(16-40(42)46)23-50-25-36(53)18-44(56)57)5-3-6-38(28)39-7-4-12-45(29(39)2,51(58)59)34-8-10-37(11-9-34)60-14-13-48-24-35(52)17-43(54)55/h3-12,15-16,19,21-22,29,35-36,48,50,52-53H,13-14,17-18,23-27H2,1-2H3,(H,54,55)(H,56,57)/t29?,35-,36-,45?/m0/s1. The van der Waals surface area contributed by atoms with E-state index in [4.69, 9.17) is 36.0 Å². The highest BCUT2D eigenvalue weighted by Gasteiger charge is 2.50. The van der Waals surface area contributed by atoms with Crippen LogP contribution in [0.25, 0.3) is 5.57 Å². The number of carbonyl (C=O) groups is 2. The molecule has 1 aliphatic carbocycles. The molecule has 1 heterocycles. The van der Waals surface area contributed by atoms with Gasteiger partial charge in [-0.25, -0.2) is 0 Å². The number of hydrogen-bond donors (Lipinski definition) is 6. The Morgan fingerprint density at radius 2 is 1.65 bits per heavy atom. The molecule has 0 saturated carbocycles. The number of pyridine rings is 1. The van der Waals surface area contributed by atoms with Gasteiger partial charge in [-0.05, 0) is 71.7 Å². The van der Waals surface area contributed by atoms with E-state index in [1.54, 1.807) is 60.8 Å². The van der Waals surface area contributed by atoms with Gasteiger partial charge in [-0.1, -0.05) is 48.9 Å². The summed E-state index contributed by atoms with van der Waals surface area (Å²) in [6.07, 6.45) is 5.29. The van der Waals surface area contributed by atoms with Gasteiger partial charge in [-0.15, -0.1) is 0 Å². The number of benzene rings is 3. The number of nitriles is 1. The molecule has 2 unspecified atom stereocenters. The third kappa shape index (κ3) is 12.1. The summed E-state index contributed by atoms with van der Waals surface area (Å²) in [5.74, 6) is -1.62. The number of allylic oxidation sites excluding steroid dienone is 2. The van der Waals surface area contributed by atoms with Gasteiger partial charge in [0, 0.05) is 66.3 Å². The zero-order valence-electron chi connectivity index (χ0n) is 34.1. The summed E-state index contributed by atoms with van der Waals surface area (Å²) in [7, 11) is 0. The Morgan fingerprint density at radius 3 is 2.32 bits per heavy atom. The van der Waals surface area contributed by atoms with Crippen molar-refractivity contribution in [1.82, 2.24) is 15.6 Å². The summed E-state index contributed by atoms with van der Waals surface area (Å²) in [5.41, 5.74) is 3.72. The van der Waals surface area contributed by atoms with Crippen LogP contribution in [0.4, 0.5) is 0 Å². The molecular formula is C45H48ClN5O11. The molecule has 4 atom stereocenters. The summed E-state index contributed by atoms with van der Waals surface area (Å²) < 4.78 is 18.2. The van der Waals surface area contributed by atoms with Crippen LogP contribution in [0, 0.1) is 34.3 Å². The lowest BCUT2D eigenvalue weighted by Gasteiger charge is -2.33. The van der Waals surface area contributed by atoms with Crippen molar-refractivity contribution < 1.29 is 49.1 Å². The lowest BCUT2D eigenvalue weighted by Crippen LogP contribution is -2.41. The molecule has 0 bridgehead atoms. The molecule has 1 aromatic heterocycles. The number of carboxylic acid groups (broad SMARTS) is 2. The number of aliphatic hydroxyl groups excluding tert-OH is 2. The van der Waals surface area contributed by atoms with E-state index in [0.29, 0.717) is 46.0 Å². The minimum atomic E-state index is -1.59. The molecule has 5 rings (SSSR count). The van der Waals surface area contributed by atoms with Crippen LogP contribution in [0.2, 0.25) is 5.02 Å². The minimum absolute atomic E-state index is 0.00674. The number of nitrogens with one attached hydrogen (secondary N) is 2. The van der Waals surface area contributed by atoms with Crippen LogP contribution in [-0.4, -0.2) is 80.7 Å². The number of hydrogen-bond acceptors (Lipinski definition) is 13. The molecule has 326 valence electrons. The van der Waals surface area contributed by atoms with Crippen LogP contribution in [0.5, 0.6) is 17.2 Å². The second-order valence-electron chi connectivity index (χ2n) is 14.7. The Kier molecular flexibility index (Phi) is 16.5. The number of nitro groups is 1. The molecule has 0 radical (unpaired) electrons. The van der Waals surface area contributed by atoms with E-state index in [0.717, 1.165) is 22.3 Å². The van der Waals surface area contributed by atoms with E-state index in [2.05, 4.69) is 21.7 Å². The highest BCUT2D eigenvalue weighted by molar-refractivity contribution is 6.32. The van der Waals surface area contributed by atoms with E-state index in [1.165, 1.54) is 6.20 Å². The predicted octanol–water partition coefficient (Wildman–Crippen LogP) is 5.56. The van der Waals surface area contributed by atoms with Crippen molar-refractivity contribution in [3.63, 3.8) is 0 Å². The van der Waals surface area contributed by atoms with Gasteiger partial charge in [-0.3, -0.25) is 24.7 Å². The lowest BCUT2D eigenvalue weighted by molar-refractivity contribution is -0.571. The fourth-order valence-corrected chi connectivity index (χ4v) is 7.36. The second kappa shape index (κ2) is 22.0. The van der Waals surface area contributed by atoms with Crippen molar-refractivity contribution in [3.05, 3.63) is 145 Å². The highest BCUT2D eigenvalue weighted by Crippen LogP contribution is 2.46. The van der Waals surface area contributed by atoms with Crippen LogP contribution in [0.1, 0.15) is 58.7 Å². The Labute approximate surface area is 363 Å². The summed E-state index contributed by atoms with van der Waals surface area (Å²) in [4.78, 5) is 38.6. The molecule has 6 N–H and O–H groups in total. The van der Waals surface area contributed by atoms with Gasteiger partial charge in [0.15, 0.2) is 0 Å². The molecule has 16 nitrogen and oxygen atoms in total. The summed E-state index contributed by atoms with van der Waals surface area (Å²) in [6, 6.07) is 19.4. The van der Waals surface area contributed by atoms with Crippen LogP contribution >= 0.6 is 11.6 Å². The number of rotatable bonds is 23. The van der Waals surface area contributed by atoms with Gasteiger partial charge < -0.3 is 45.3 Å². The number of halogens is 1. The molecule has 1 aliphatic rings. The van der Waals surface area contributed by atoms with Crippen molar-refractivity contribution >= 4 is 29.1 Å². The topological polar surface area (TPSA) is 247 Å². The summed E-state index contributed by atoms with van der Waals surface area (Å²) in [6.45, 7) is 4.77. The van der Waals surface area contributed by atoms with Crippen molar-refractivity contribution in [1.29, 1.82) is 5.26 Å². The largest absolute Gasteiger partial charge is 0.492 e. The molecule has 0 saturated heterocycles. The first-order valence-electron chi connectivity index (χ1n) is 19.7. The molecule has 17 heteroatoms. The zero-order chi connectivity index (χ0) is 44.8.